The average Bonchev–Trinajstić information content (AvgIpc) is 1.38. The largest absolute Gasteiger partial charge is 0.320 e. The van der Waals surface area contributed by atoms with Crippen molar-refractivity contribution in [3.8, 4) is 0 Å². The zero-order valence-corrected chi connectivity index (χ0v) is 3.15. The van der Waals surface area contributed by atoms with E-state index in [-0.39, 0.29) is 1.43 Å². The van der Waals surface area contributed by atoms with Crippen LogP contribution in [0.5, 0.6) is 0 Å². The second kappa shape index (κ2) is 2.96. The van der Waals surface area contributed by atoms with Crippen LogP contribution in [0.4, 0.5) is 0 Å². The smallest absolute Gasteiger partial charge is 0.122 e. The van der Waals surface area contributed by atoms with Crippen molar-refractivity contribution in [2.24, 2.45) is 0 Å². The molecular weight excluding hydrogens is 50.0 g/mol. The minimum atomic E-state index is 0. The van der Waals surface area contributed by atoms with E-state index in [1.54, 1.807) is 7.05 Å². The summed E-state index contributed by atoms with van der Waals surface area (Å²) in [7, 11) is 1.72. The SMILES string of the molecule is [3H]N(C)CC.[HH]. The monoisotopic (exact) mass is 63.1 g/mol. The zero-order valence-electron chi connectivity index (χ0n) is 4.15. The predicted octanol–water partition coefficient (Wildman–Crippen LogP) is 0.472. The molecule has 0 spiro atoms. The molecular formula is C3H11N. The van der Waals surface area contributed by atoms with Crippen molar-refractivity contribution in [1.29, 1.82) is 0 Å². The van der Waals surface area contributed by atoms with E-state index in [1.807, 2.05) is 6.92 Å². The third-order valence-electron chi connectivity index (χ3n) is 0.316. The van der Waals surface area contributed by atoms with Gasteiger partial charge in [-0.1, -0.05) is 6.92 Å². The number of nitrogens with one attached hydrogen (secondary N) is 1. The zero-order chi connectivity index (χ0) is 4.28. The Hall–Kier alpha value is -0.0400. The van der Waals surface area contributed by atoms with Gasteiger partial charge in [0.15, 0.2) is 0 Å². The van der Waals surface area contributed by atoms with Crippen LogP contribution in [0.2, 0.25) is 1.41 Å². The van der Waals surface area contributed by atoms with E-state index in [0.29, 0.717) is 0 Å². The summed E-state index contributed by atoms with van der Waals surface area (Å²) in [5.74, 6) is 0. The van der Waals surface area contributed by atoms with Gasteiger partial charge < -0.3 is 5.31 Å². The summed E-state index contributed by atoms with van der Waals surface area (Å²) >= 11 is 0. The maximum absolute atomic E-state index is 6.66. The summed E-state index contributed by atoms with van der Waals surface area (Å²) in [6, 6.07) is 0. The summed E-state index contributed by atoms with van der Waals surface area (Å²) in [5.41, 5.74) is 0. The molecule has 0 fully saturated rings. The second-order valence-electron chi connectivity index (χ2n) is 0.632. The van der Waals surface area contributed by atoms with Crippen LogP contribution in [0.3, 0.4) is 0 Å². The lowest BCUT2D eigenvalue weighted by Gasteiger charge is -1.76. The van der Waals surface area contributed by atoms with Crippen LogP contribution < -0.4 is 5.31 Å². The molecule has 1 heteroatoms. The number of hydrogen-bond donors (Lipinski definition) is 1. The standard InChI is InChI=1S/C3H9N.H2/c1-3-4-2;/h4H,3H2,1-2H3;1H/i/hT. The van der Waals surface area contributed by atoms with Crippen LogP contribution in [-0.2, 0) is 0 Å². The van der Waals surface area contributed by atoms with Gasteiger partial charge in [0.2, 0.25) is 0 Å². The van der Waals surface area contributed by atoms with Crippen LogP contribution in [0.1, 0.15) is 8.35 Å². The van der Waals surface area contributed by atoms with Crippen molar-refractivity contribution >= 4 is 0 Å². The second-order valence-corrected chi connectivity index (χ2v) is 0.632. The molecule has 0 aliphatic heterocycles. The molecule has 0 saturated carbocycles. The minimum absolute atomic E-state index is 0. The predicted molar refractivity (Wildman–Crippen MR) is 21.7 cm³/mol. The van der Waals surface area contributed by atoms with Gasteiger partial charge in [-0.2, -0.15) is 0 Å². The fourth-order valence-corrected chi connectivity index (χ4v) is 0. The first-order valence-corrected chi connectivity index (χ1v) is 1.47. The van der Waals surface area contributed by atoms with Gasteiger partial charge in [-0.3, -0.25) is 0 Å². The Morgan fingerprint density at radius 1 is 2.50 bits per heavy atom. The van der Waals surface area contributed by atoms with Gasteiger partial charge in [0, 0.05) is 1.43 Å². The van der Waals surface area contributed by atoms with Gasteiger partial charge in [0.1, 0.15) is 1.41 Å². The van der Waals surface area contributed by atoms with E-state index < -0.39 is 0 Å². The first-order chi connectivity index (χ1) is 2.27. The molecule has 0 aromatic heterocycles. The Labute approximate surface area is 30.0 Å². The van der Waals surface area contributed by atoms with Crippen molar-refractivity contribution in [3.63, 3.8) is 0 Å². The first-order valence-electron chi connectivity index (χ1n) is 1.92. The number of rotatable bonds is 1. The lowest BCUT2D eigenvalue weighted by molar-refractivity contribution is 0.864. The molecule has 0 radical (unpaired) electrons. The van der Waals surface area contributed by atoms with E-state index in [9.17, 15) is 0 Å². The molecule has 4 heavy (non-hydrogen) atoms. The molecule has 0 aromatic rings. The van der Waals surface area contributed by atoms with Crippen LogP contribution >= 0.6 is 0 Å². The highest BCUT2D eigenvalue weighted by atomic mass is 14.8. The van der Waals surface area contributed by atoms with Crippen LogP contribution in [-0.4, -0.2) is 13.6 Å². The van der Waals surface area contributed by atoms with E-state index >= 15 is 0 Å². The Morgan fingerprint density at radius 2 is 2.75 bits per heavy atom. The van der Waals surface area contributed by atoms with Gasteiger partial charge in [0.05, 0.1) is 0 Å². The van der Waals surface area contributed by atoms with E-state index in [0.717, 1.165) is 6.54 Å². The lowest BCUT2D eigenvalue weighted by Crippen LogP contribution is -2.01. The van der Waals surface area contributed by atoms with Gasteiger partial charge >= 0.3 is 0 Å². The molecule has 0 saturated heterocycles. The molecule has 1 N–H and O–H groups in total. The lowest BCUT2D eigenvalue weighted by atomic mass is 10.8. The molecule has 0 aliphatic rings. The summed E-state index contributed by atoms with van der Waals surface area (Å²) in [5, 5.41) is 1.38. The van der Waals surface area contributed by atoms with Gasteiger partial charge in [0.25, 0.3) is 0 Å². The third kappa shape index (κ3) is 1.96. The maximum Gasteiger partial charge on any atom is 0.122 e. The molecule has 0 bridgehead atoms. The Balaban J connectivity index is 0. The molecule has 0 aromatic carbocycles. The highest BCUT2D eigenvalue weighted by Gasteiger charge is 1.50. The topological polar surface area (TPSA) is 12.0 Å². The summed E-state index contributed by atoms with van der Waals surface area (Å²) in [6.45, 7) is 2.74. The average molecular weight is 63.1 g/mol. The van der Waals surface area contributed by atoms with Crippen molar-refractivity contribution in [1.82, 2.24) is 5.31 Å². The summed E-state index contributed by atoms with van der Waals surface area (Å²) in [4.78, 5) is 0. The van der Waals surface area contributed by atoms with Gasteiger partial charge in [-0.15, -0.1) is 0 Å². The molecule has 0 amide bonds. The highest BCUT2D eigenvalue weighted by molar-refractivity contribution is 4.15. The molecule has 0 rings (SSSR count). The molecule has 1 nitrogen and oxygen atoms in total. The van der Waals surface area contributed by atoms with Gasteiger partial charge in [-0.05, 0) is 13.6 Å². The minimum Gasteiger partial charge on any atom is -0.320 e. The molecule has 28 valence electrons. The normalized spacial score (nSPS) is 12.2. The van der Waals surface area contributed by atoms with Crippen molar-refractivity contribution in [3.05, 3.63) is 0 Å². The van der Waals surface area contributed by atoms with Gasteiger partial charge in [-0.25, -0.2) is 0 Å². The third-order valence-corrected chi connectivity index (χ3v) is 0.316. The fourth-order valence-electron chi connectivity index (χ4n) is 0. The molecule has 0 aliphatic carbocycles. The maximum atomic E-state index is 6.66. The van der Waals surface area contributed by atoms with E-state index in [1.165, 1.54) is 5.31 Å². The Kier molecular flexibility index (Phi) is 1.64. The molecule has 0 unspecified atom stereocenters. The van der Waals surface area contributed by atoms with Crippen LogP contribution in [0, 0.1) is 0 Å². The number of hydrogen-bond acceptors (Lipinski definition) is 1. The summed E-state index contributed by atoms with van der Waals surface area (Å²) in [6.07, 6.45) is 0. The Bertz CT molecular complexity index is 22.8. The summed E-state index contributed by atoms with van der Waals surface area (Å²) < 4.78 is 6.66. The fraction of sp³-hybridized carbons (Fsp3) is 1.00. The molecule has 0 atom stereocenters. The molecule has 0 heterocycles. The van der Waals surface area contributed by atoms with Crippen molar-refractivity contribution in [2.45, 2.75) is 6.92 Å². The van der Waals surface area contributed by atoms with Crippen molar-refractivity contribution in [2.75, 3.05) is 13.6 Å². The van der Waals surface area contributed by atoms with Crippen LogP contribution in [0.25, 0.3) is 0 Å². The van der Waals surface area contributed by atoms with Crippen LogP contribution in [0.15, 0.2) is 0 Å². The highest BCUT2D eigenvalue weighted by Crippen LogP contribution is 1.34. The van der Waals surface area contributed by atoms with E-state index in [4.69, 9.17) is 1.41 Å². The Morgan fingerprint density at radius 3 is 2.75 bits per heavy atom. The van der Waals surface area contributed by atoms with E-state index in [2.05, 4.69) is 0 Å². The quantitative estimate of drug-likeness (QED) is 0.466. The van der Waals surface area contributed by atoms with Crippen molar-refractivity contribution < 1.29 is 2.84 Å². The first kappa shape index (κ1) is 2.21.